The molecule has 22 heavy (non-hydrogen) atoms. The van der Waals surface area contributed by atoms with E-state index >= 15 is 0 Å². The highest BCUT2D eigenvalue weighted by atomic mass is 28.4. The predicted molar refractivity (Wildman–Crippen MR) is 97.6 cm³/mol. The monoisotopic (exact) mass is 322 g/mol. The summed E-state index contributed by atoms with van der Waals surface area (Å²) >= 11 is 0. The first-order valence-corrected chi connectivity index (χ1v) is 11.4. The molecule has 1 aromatic rings. The Morgan fingerprint density at radius 1 is 1.00 bits per heavy atom. The highest BCUT2D eigenvalue weighted by Gasteiger charge is 2.36. The van der Waals surface area contributed by atoms with Crippen molar-refractivity contribution in [3.63, 3.8) is 0 Å². The summed E-state index contributed by atoms with van der Waals surface area (Å²) in [5, 5.41) is 0.301. The van der Waals surface area contributed by atoms with Crippen molar-refractivity contribution >= 4 is 8.32 Å². The highest BCUT2D eigenvalue weighted by Crippen LogP contribution is 2.36. The molecule has 0 fully saturated rings. The summed E-state index contributed by atoms with van der Waals surface area (Å²) in [6.45, 7) is 16.2. The molecule has 0 radical (unpaired) electrons. The van der Waals surface area contributed by atoms with Crippen molar-refractivity contribution in [1.82, 2.24) is 0 Å². The quantitative estimate of drug-likeness (QED) is 0.432. The van der Waals surface area contributed by atoms with E-state index in [9.17, 15) is 0 Å². The minimum absolute atomic E-state index is 0.301. The Morgan fingerprint density at radius 3 is 2.18 bits per heavy atom. The fourth-order valence-corrected chi connectivity index (χ4v) is 2.99. The second-order valence-corrected chi connectivity index (χ2v) is 12.6. The van der Waals surface area contributed by atoms with E-state index < -0.39 is 8.32 Å². The van der Waals surface area contributed by atoms with Crippen LogP contribution in [0.1, 0.15) is 46.1 Å². The lowest BCUT2D eigenvalue weighted by atomic mass is 10.1. The summed E-state index contributed by atoms with van der Waals surface area (Å²) in [5.41, 5.74) is 1.25. The van der Waals surface area contributed by atoms with Gasteiger partial charge in [-0.05, 0) is 42.5 Å². The lowest BCUT2D eigenvalue weighted by Crippen LogP contribution is -2.41. The number of rotatable bonds is 9. The lowest BCUT2D eigenvalue weighted by Gasteiger charge is -2.36. The summed E-state index contributed by atoms with van der Waals surface area (Å²) in [6.07, 6.45) is 2.23. The molecule has 0 aliphatic carbocycles. The molecular formula is C19H34O2Si. The second kappa shape index (κ2) is 8.85. The van der Waals surface area contributed by atoms with Crippen molar-refractivity contribution in [2.75, 3.05) is 13.2 Å². The zero-order chi connectivity index (χ0) is 16.6. The number of ether oxygens (including phenoxy) is 1. The SMILES string of the molecule is CC(CCOCc1ccccc1)CCO[Si](C)(C)C(C)(C)C. The van der Waals surface area contributed by atoms with E-state index in [1.54, 1.807) is 0 Å². The van der Waals surface area contributed by atoms with E-state index in [0.29, 0.717) is 17.6 Å². The molecule has 0 N–H and O–H groups in total. The van der Waals surface area contributed by atoms with Gasteiger partial charge in [0.2, 0.25) is 0 Å². The molecule has 0 bridgehead atoms. The zero-order valence-electron chi connectivity index (χ0n) is 15.3. The Balaban J connectivity index is 2.12. The topological polar surface area (TPSA) is 18.5 Å². The molecule has 1 aromatic carbocycles. The standard InChI is InChI=1S/C19H34O2Si/c1-17(13-15-21-22(5,6)19(2,3)4)12-14-20-16-18-10-8-7-9-11-18/h7-11,17H,12-16H2,1-6H3. The molecule has 0 aromatic heterocycles. The first kappa shape index (κ1) is 19.4. The van der Waals surface area contributed by atoms with Crippen molar-refractivity contribution in [3.8, 4) is 0 Å². The molecule has 0 aliphatic heterocycles. The van der Waals surface area contributed by atoms with Crippen molar-refractivity contribution in [1.29, 1.82) is 0 Å². The largest absolute Gasteiger partial charge is 0.417 e. The normalized spacial score (nSPS) is 14.1. The van der Waals surface area contributed by atoms with E-state index in [-0.39, 0.29) is 0 Å². The van der Waals surface area contributed by atoms with Gasteiger partial charge in [-0.2, -0.15) is 0 Å². The van der Waals surface area contributed by atoms with Gasteiger partial charge in [0.05, 0.1) is 6.61 Å². The average molecular weight is 323 g/mol. The number of hydrogen-bond donors (Lipinski definition) is 0. The third kappa shape index (κ3) is 7.08. The predicted octanol–water partition coefficient (Wildman–Crippen LogP) is 5.64. The van der Waals surface area contributed by atoms with Crippen molar-refractivity contribution in [2.24, 2.45) is 5.92 Å². The first-order valence-electron chi connectivity index (χ1n) is 8.48. The molecule has 1 atom stereocenters. The van der Waals surface area contributed by atoms with Gasteiger partial charge in [-0.15, -0.1) is 0 Å². The fraction of sp³-hybridized carbons (Fsp3) is 0.684. The van der Waals surface area contributed by atoms with E-state index in [1.807, 2.05) is 6.07 Å². The number of hydrogen-bond acceptors (Lipinski definition) is 2. The van der Waals surface area contributed by atoms with Crippen LogP contribution in [-0.2, 0) is 15.8 Å². The van der Waals surface area contributed by atoms with Gasteiger partial charge in [0, 0.05) is 13.2 Å². The van der Waals surface area contributed by atoms with E-state index in [4.69, 9.17) is 9.16 Å². The Morgan fingerprint density at radius 2 is 1.59 bits per heavy atom. The van der Waals surface area contributed by atoms with Gasteiger partial charge in [0.25, 0.3) is 0 Å². The maximum absolute atomic E-state index is 6.24. The summed E-state index contributed by atoms with van der Waals surface area (Å²) in [7, 11) is -1.59. The zero-order valence-corrected chi connectivity index (χ0v) is 16.3. The molecule has 0 saturated heterocycles. The lowest BCUT2D eigenvalue weighted by molar-refractivity contribution is 0.105. The molecular weight excluding hydrogens is 288 g/mol. The van der Waals surface area contributed by atoms with Crippen molar-refractivity contribution < 1.29 is 9.16 Å². The van der Waals surface area contributed by atoms with Gasteiger partial charge in [0.15, 0.2) is 8.32 Å². The molecule has 0 saturated carbocycles. The van der Waals surface area contributed by atoms with Crippen LogP contribution in [0.5, 0.6) is 0 Å². The van der Waals surface area contributed by atoms with Crippen LogP contribution in [0, 0.1) is 5.92 Å². The van der Waals surface area contributed by atoms with Crippen LogP contribution in [-0.4, -0.2) is 21.5 Å². The highest BCUT2D eigenvalue weighted by molar-refractivity contribution is 6.74. The first-order chi connectivity index (χ1) is 10.2. The summed E-state index contributed by atoms with van der Waals surface area (Å²) in [4.78, 5) is 0. The maximum Gasteiger partial charge on any atom is 0.191 e. The fourth-order valence-electron chi connectivity index (χ4n) is 1.92. The molecule has 126 valence electrons. The molecule has 2 nitrogen and oxygen atoms in total. The minimum atomic E-state index is -1.59. The van der Waals surface area contributed by atoms with E-state index in [1.165, 1.54) is 5.56 Å². The number of benzene rings is 1. The Kier molecular flexibility index (Phi) is 7.81. The summed E-state index contributed by atoms with van der Waals surface area (Å²) in [5.74, 6) is 0.653. The molecule has 0 heterocycles. The Labute approximate surface area is 138 Å². The minimum Gasteiger partial charge on any atom is -0.417 e. The van der Waals surface area contributed by atoms with E-state index in [0.717, 1.165) is 26.1 Å². The van der Waals surface area contributed by atoms with Crippen LogP contribution in [0.3, 0.4) is 0 Å². The van der Waals surface area contributed by atoms with Crippen LogP contribution < -0.4 is 0 Å². The third-order valence-corrected chi connectivity index (χ3v) is 9.28. The molecule has 3 heteroatoms. The second-order valence-electron chi connectivity index (χ2n) is 7.83. The van der Waals surface area contributed by atoms with Gasteiger partial charge in [-0.3, -0.25) is 0 Å². The van der Waals surface area contributed by atoms with E-state index in [2.05, 4.69) is 65.1 Å². The van der Waals surface area contributed by atoms with Gasteiger partial charge in [-0.25, -0.2) is 0 Å². The molecule has 1 rings (SSSR count). The van der Waals surface area contributed by atoms with Crippen molar-refractivity contribution in [3.05, 3.63) is 35.9 Å². The van der Waals surface area contributed by atoms with Crippen molar-refractivity contribution in [2.45, 2.75) is 65.3 Å². The Hall–Kier alpha value is -0.643. The van der Waals surface area contributed by atoms with Crippen LogP contribution >= 0.6 is 0 Å². The molecule has 0 aliphatic rings. The summed E-state index contributed by atoms with van der Waals surface area (Å²) in [6, 6.07) is 10.4. The smallest absolute Gasteiger partial charge is 0.191 e. The summed E-state index contributed by atoms with van der Waals surface area (Å²) < 4.78 is 12.0. The van der Waals surface area contributed by atoms with Gasteiger partial charge < -0.3 is 9.16 Å². The maximum atomic E-state index is 6.24. The molecule has 0 spiro atoms. The molecule has 1 unspecified atom stereocenters. The average Bonchev–Trinajstić information content (AvgIpc) is 2.43. The van der Waals surface area contributed by atoms with Crippen LogP contribution in [0.4, 0.5) is 0 Å². The van der Waals surface area contributed by atoms with Crippen LogP contribution in [0.15, 0.2) is 30.3 Å². The van der Waals surface area contributed by atoms with Gasteiger partial charge >= 0.3 is 0 Å². The molecule has 0 amide bonds. The van der Waals surface area contributed by atoms with Crippen LogP contribution in [0.25, 0.3) is 0 Å². The van der Waals surface area contributed by atoms with Gasteiger partial charge in [0.1, 0.15) is 0 Å². The van der Waals surface area contributed by atoms with Gasteiger partial charge in [-0.1, -0.05) is 58.0 Å². The third-order valence-electron chi connectivity index (χ3n) is 4.75. The van der Waals surface area contributed by atoms with Crippen LogP contribution in [0.2, 0.25) is 18.1 Å². The Bertz CT molecular complexity index is 409.